The Morgan fingerprint density at radius 2 is 1.91 bits per heavy atom. The summed E-state index contributed by atoms with van der Waals surface area (Å²) in [6.45, 7) is 4.35. The van der Waals surface area contributed by atoms with Crippen LogP contribution in [0.1, 0.15) is 17.4 Å². The molecule has 0 unspecified atom stereocenters. The average Bonchev–Trinajstić information content (AvgIpc) is 3.49. The molecule has 5 rings (SSSR count). The van der Waals surface area contributed by atoms with E-state index < -0.39 is 6.10 Å². The van der Waals surface area contributed by atoms with Crippen molar-refractivity contribution in [3.8, 4) is 0 Å². The summed E-state index contributed by atoms with van der Waals surface area (Å²) in [6.07, 6.45) is 1.29. The maximum absolute atomic E-state index is 13.1. The molecular formula is C23H26N8O2. The topological polar surface area (TPSA) is 104 Å². The highest BCUT2D eigenvalue weighted by molar-refractivity contribution is 5.82. The van der Waals surface area contributed by atoms with E-state index in [1.165, 1.54) is 0 Å². The van der Waals surface area contributed by atoms with Gasteiger partial charge in [0.05, 0.1) is 0 Å². The summed E-state index contributed by atoms with van der Waals surface area (Å²) in [5, 5.41) is 15.1. The van der Waals surface area contributed by atoms with E-state index in [4.69, 9.17) is 9.72 Å². The first-order valence-corrected chi connectivity index (χ1v) is 10.9. The van der Waals surface area contributed by atoms with E-state index in [2.05, 4.69) is 25.5 Å². The third-order valence-corrected chi connectivity index (χ3v) is 5.77. The lowest BCUT2D eigenvalue weighted by Gasteiger charge is -2.36. The number of carbonyl (C=O) groups is 1. The molecule has 10 heteroatoms. The van der Waals surface area contributed by atoms with E-state index in [0.717, 1.165) is 16.8 Å². The molecule has 1 aliphatic rings. The van der Waals surface area contributed by atoms with Crippen molar-refractivity contribution in [3.63, 3.8) is 0 Å². The van der Waals surface area contributed by atoms with Gasteiger partial charge >= 0.3 is 0 Å². The number of fused-ring (bicyclic) bond motifs is 1. The number of carbonyl (C=O) groups excluding carboxylic acids is 1. The molecule has 170 valence electrons. The standard InChI is InChI=1S/C23H26N8O2/c1-16-15-19(27-26-16)24-21-18-9-6-10-31(18)28-23(25-21)30-13-11-29(12-14-30)22(32)20(33-2)17-7-4-3-5-8-17/h3-10,15,20H,11-14H2,1-2H3,(H2,24,25,26,27,28)/t20-/m0/s1. The van der Waals surface area contributed by atoms with Gasteiger partial charge in [-0.25, -0.2) is 4.52 Å². The van der Waals surface area contributed by atoms with Crippen molar-refractivity contribution in [2.75, 3.05) is 43.5 Å². The molecule has 2 N–H and O–H groups in total. The van der Waals surface area contributed by atoms with Gasteiger partial charge in [-0.3, -0.25) is 9.89 Å². The number of piperazine rings is 1. The molecule has 1 atom stereocenters. The molecule has 1 amide bonds. The fourth-order valence-electron chi connectivity index (χ4n) is 4.05. The Morgan fingerprint density at radius 3 is 2.61 bits per heavy atom. The molecular weight excluding hydrogens is 420 g/mol. The predicted molar refractivity (Wildman–Crippen MR) is 125 cm³/mol. The van der Waals surface area contributed by atoms with Crippen LogP contribution in [-0.2, 0) is 9.53 Å². The van der Waals surface area contributed by atoms with Gasteiger partial charge in [0.1, 0.15) is 5.52 Å². The summed E-state index contributed by atoms with van der Waals surface area (Å²) in [6, 6.07) is 15.4. The Labute approximate surface area is 191 Å². The third-order valence-electron chi connectivity index (χ3n) is 5.77. The minimum absolute atomic E-state index is 0.0265. The average molecular weight is 447 g/mol. The van der Waals surface area contributed by atoms with Crippen molar-refractivity contribution in [1.82, 2.24) is 29.7 Å². The highest BCUT2D eigenvalue weighted by atomic mass is 16.5. The van der Waals surface area contributed by atoms with Crippen LogP contribution >= 0.6 is 0 Å². The summed E-state index contributed by atoms with van der Waals surface area (Å²) < 4.78 is 7.33. The molecule has 1 aromatic carbocycles. The normalized spacial score (nSPS) is 15.1. The predicted octanol–water partition coefficient (Wildman–Crippen LogP) is 2.54. The van der Waals surface area contributed by atoms with E-state index in [1.807, 2.05) is 66.6 Å². The number of rotatable bonds is 6. The first-order valence-electron chi connectivity index (χ1n) is 10.9. The summed E-state index contributed by atoms with van der Waals surface area (Å²) in [5.41, 5.74) is 2.68. The van der Waals surface area contributed by atoms with Gasteiger partial charge in [0.2, 0.25) is 5.95 Å². The van der Waals surface area contributed by atoms with Gasteiger partial charge in [-0.05, 0) is 24.6 Å². The van der Waals surface area contributed by atoms with Gasteiger partial charge in [0.25, 0.3) is 5.91 Å². The second kappa shape index (κ2) is 8.91. The lowest BCUT2D eigenvalue weighted by molar-refractivity contribution is -0.142. The third kappa shape index (κ3) is 4.24. The highest BCUT2D eigenvalue weighted by Gasteiger charge is 2.29. The molecule has 4 heterocycles. The monoisotopic (exact) mass is 446 g/mol. The van der Waals surface area contributed by atoms with Gasteiger partial charge in [-0.15, -0.1) is 5.10 Å². The molecule has 0 bridgehead atoms. The van der Waals surface area contributed by atoms with Gasteiger partial charge in [-0.1, -0.05) is 30.3 Å². The van der Waals surface area contributed by atoms with Crippen molar-refractivity contribution in [1.29, 1.82) is 0 Å². The SMILES string of the molecule is CO[C@H](C(=O)N1CCN(c2nc(Nc3cc(C)[nH]n3)c3cccn3n2)CC1)c1ccccc1. The lowest BCUT2D eigenvalue weighted by Crippen LogP contribution is -2.50. The number of anilines is 3. The van der Waals surface area contributed by atoms with Crippen molar-refractivity contribution < 1.29 is 9.53 Å². The smallest absolute Gasteiger partial charge is 0.256 e. The molecule has 1 aliphatic heterocycles. The van der Waals surface area contributed by atoms with Gasteiger partial charge in [-0.2, -0.15) is 10.1 Å². The maximum atomic E-state index is 13.1. The number of nitrogens with one attached hydrogen (secondary N) is 2. The van der Waals surface area contributed by atoms with Crippen LogP contribution in [0.4, 0.5) is 17.6 Å². The molecule has 1 saturated heterocycles. The van der Waals surface area contributed by atoms with Crippen LogP contribution in [0.5, 0.6) is 0 Å². The van der Waals surface area contributed by atoms with Crippen LogP contribution in [0.3, 0.4) is 0 Å². The number of nitrogens with zero attached hydrogens (tertiary/aromatic N) is 6. The number of aromatic amines is 1. The van der Waals surface area contributed by atoms with E-state index in [-0.39, 0.29) is 5.91 Å². The molecule has 0 radical (unpaired) electrons. The summed E-state index contributed by atoms with van der Waals surface area (Å²) >= 11 is 0. The Balaban J connectivity index is 1.31. The fraction of sp³-hybridized carbons (Fsp3) is 0.304. The molecule has 4 aromatic rings. The Kier molecular flexibility index (Phi) is 5.66. The highest BCUT2D eigenvalue weighted by Crippen LogP contribution is 2.24. The molecule has 0 aliphatic carbocycles. The van der Waals surface area contributed by atoms with Gasteiger partial charge < -0.3 is 19.9 Å². The summed E-state index contributed by atoms with van der Waals surface area (Å²) in [4.78, 5) is 21.8. The van der Waals surface area contributed by atoms with E-state index >= 15 is 0 Å². The van der Waals surface area contributed by atoms with Crippen LogP contribution in [0.25, 0.3) is 5.52 Å². The Bertz CT molecular complexity index is 1240. The first-order chi connectivity index (χ1) is 16.1. The number of ether oxygens (including phenoxy) is 1. The van der Waals surface area contributed by atoms with Crippen LogP contribution in [0.2, 0.25) is 0 Å². The molecule has 10 nitrogen and oxygen atoms in total. The van der Waals surface area contributed by atoms with Crippen LogP contribution < -0.4 is 10.2 Å². The number of hydrogen-bond donors (Lipinski definition) is 2. The van der Waals surface area contributed by atoms with Crippen molar-refractivity contribution in [2.45, 2.75) is 13.0 Å². The van der Waals surface area contributed by atoms with E-state index in [0.29, 0.717) is 43.8 Å². The maximum Gasteiger partial charge on any atom is 0.256 e. The quantitative estimate of drug-likeness (QED) is 0.469. The van der Waals surface area contributed by atoms with E-state index in [1.54, 1.807) is 11.6 Å². The number of methoxy groups -OCH3 is 1. The van der Waals surface area contributed by atoms with Crippen LogP contribution in [-0.4, -0.2) is 68.9 Å². The van der Waals surface area contributed by atoms with E-state index in [9.17, 15) is 4.79 Å². The molecule has 33 heavy (non-hydrogen) atoms. The minimum atomic E-state index is -0.599. The summed E-state index contributed by atoms with van der Waals surface area (Å²) in [5.74, 6) is 1.95. The van der Waals surface area contributed by atoms with Crippen molar-refractivity contribution in [2.24, 2.45) is 0 Å². The number of amides is 1. The largest absolute Gasteiger partial charge is 0.367 e. The number of aryl methyl sites for hydroxylation is 1. The molecule has 3 aromatic heterocycles. The fourth-order valence-corrected chi connectivity index (χ4v) is 4.05. The number of benzene rings is 1. The first kappa shape index (κ1) is 21.0. The molecule has 0 spiro atoms. The molecule has 1 fully saturated rings. The lowest BCUT2D eigenvalue weighted by atomic mass is 10.1. The number of aromatic nitrogens is 5. The van der Waals surface area contributed by atoms with Crippen LogP contribution in [0, 0.1) is 6.92 Å². The Hall–Kier alpha value is -3.92. The summed E-state index contributed by atoms with van der Waals surface area (Å²) in [7, 11) is 1.57. The minimum Gasteiger partial charge on any atom is -0.367 e. The second-order valence-corrected chi connectivity index (χ2v) is 8.00. The second-order valence-electron chi connectivity index (χ2n) is 8.00. The van der Waals surface area contributed by atoms with Crippen LogP contribution in [0.15, 0.2) is 54.7 Å². The Morgan fingerprint density at radius 1 is 1.12 bits per heavy atom. The zero-order valence-corrected chi connectivity index (χ0v) is 18.6. The number of H-pyrrole nitrogens is 1. The zero-order valence-electron chi connectivity index (χ0n) is 18.6. The van der Waals surface area contributed by atoms with Crippen molar-refractivity contribution >= 4 is 29.0 Å². The number of hydrogen-bond acceptors (Lipinski definition) is 7. The molecule has 0 saturated carbocycles. The zero-order chi connectivity index (χ0) is 22.8. The van der Waals surface area contributed by atoms with Gasteiger partial charge in [0.15, 0.2) is 17.7 Å². The van der Waals surface area contributed by atoms with Crippen molar-refractivity contribution in [3.05, 3.63) is 66.0 Å². The van der Waals surface area contributed by atoms with Gasteiger partial charge in [0, 0.05) is 51.2 Å².